The van der Waals surface area contributed by atoms with E-state index in [0.717, 1.165) is 22.7 Å². The number of hydrogen-bond acceptors (Lipinski definition) is 5. The van der Waals surface area contributed by atoms with Gasteiger partial charge in [-0.1, -0.05) is 23.7 Å². The highest BCUT2D eigenvalue weighted by Gasteiger charge is 2.22. The summed E-state index contributed by atoms with van der Waals surface area (Å²) in [4.78, 5) is 2.11. The van der Waals surface area contributed by atoms with Crippen LogP contribution in [0.2, 0.25) is 5.02 Å². The Labute approximate surface area is 151 Å². The first-order valence-corrected chi connectivity index (χ1v) is 8.13. The molecule has 0 amide bonds. The molecule has 25 heavy (non-hydrogen) atoms. The van der Waals surface area contributed by atoms with Gasteiger partial charge in [-0.15, -0.1) is 0 Å². The van der Waals surface area contributed by atoms with Gasteiger partial charge in [-0.2, -0.15) is 10.4 Å². The molecule has 5 nitrogen and oxygen atoms in total. The lowest BCUT2D eigenvalue weighted by molar-refractivity contribution is 0.415. The maximum Gasteiger partial charge on any atom is 0.119 e. The summed E-state index contributed by atoms with van der Waals surface area (Å²) in [6.07, 6.45) is 1.70. The summed E-state index contributed by atoms with van der Waals surface area (Å²) in [7, 11) is 1.64. The van der Waals surface area contributed by atoms with Crippen molar-refractivity contribution in [2.45, 2.75) is 0 Å². The number of hydrazone groups is 1. The molecule has 2 aromatic rings. The van der Waals surface area contributed by atoms with E-state index in [4.69, 9.17) is 16.3 Å². The molecule has 1 aliphatic rings. The number of nitriles is 1. The number of halogens is 1. The molecular formula is C19H17ClN4O. The Morgan fingerprint density at radius 1 is 1.16 bits per heavy atom. The summed E-state index contributed by atoms with van der Waals surface area (Å²) in [5.41, 5.74) is 6.45. The first kappa shape index (κ1) is 16.9. The van der Waals surface area contributed by atoms with Crippen LogP contribution in [0.4, 0.5) is 5.69 Å². The van der Waals surface area contributed by atoms with E-state index in [-0.39, 0.29) is 0 Å². The highest BCUT2D eigenvalue weighted by Crippen LogP contribution is 2.25. The van der Waals surface area contributed by atoms with E-state index in [1.807, 2.05) is 48.5 Å². The Morgan fingerprint density at radius 3 is 2.52 bits per heavy atom. The largest absolute Gasteiger partial charge is 0.497 e. The molecule has 0 saturated carbocycles. The third-order valence-electron chi connectivity index (χ3n) is 3.92. The summed E-state index contributed by atoms with van der Waals surface area (Å²) in [5, 5.41) is 14.3. The van der Waals surface area contributed by atoms with Gasteiger partial charge in [0.25, 0.3) is 0 Å². The molecule has 0 spiro atoms. The summed E-state index contributed by atoms with van der Waals surface area (Å²) < 4.78 is 5.18. The van der Waals surface area contributed by atoms with Gasteiger partial charge in [0.15, 0.2) is 0 Å². The number of ether oxygens (including phenoxy) is 1. The van der Waals surface area contributed by atoms with Crippen LogP contribution in [0.5, 0.6) is 5.75 Å². The molecule has 6 heteroatoms. The maximum absolute atomic E-state index is 9.37. The van der Waals surface area contributed by atoms with Crippen LogP contribution in [-0.4, -0.2) is 26.4 Å². The van der Waals surface area contributed by atoms with Gasteiger partial charge in [-0.05, 0) is 42.0 Å². The van der Waals surface area contributed by atoms with Crippen LogP contribution in [0.1, 0.15) is 5.56 Å². The first-order valence-electron chi connectivity index (χ1n) is 7.75. The number of rotatable bonds is 5. The first-order chi connectivity index (χ1) is 12.2. The number of benzene rings is 2. The SMILES string of the molecule is COc1ccc(N2CC(C#N)=C(NN=Cc3ccc(Cl)cc3)C2)cc1. The van der Waals surface area contributed by atoms with Crippen LogP contribution in [0.3, 0.4) is 0 Å². The fraction of sp³-hybridized carbons (Fsp3) is 0.158. The van der Waals surface area contributed by atoms with Gasteiger partial charge in [0.1, 0.15) is 5.75 Å². The van der Waals surface area contributed by atoms with E-state index >= 15 is 0 Å². The zero-order valence-electron chi connectivity index (χ0n) is 13.7. The molecule has 1 aliphatic heterocycles. The van der Waals surface area contributed by atoms with E-state index in [0.29, 0.717) is 23.7 Å². The van der Waals surface area contributed by atoms with Crippen LogP contribution in [0.15, 0.2) is 64.9 Å². The van der Waals surface area contributed by atoms with E-state index in [1.165, 1.54) is 0 Å². The number of nitrogens with zero attached hydrogens (tertiary/aromatic N) is 3. The fourth-order valence-corrected chi connectivity index (χ4v) is 2.67. The predicted octanol–water partition coefficient (Wildman–Crippen LogP) is 3.57. The van der Waals surface area contributed by atoms with Crippen LogP contribution in [0, 0.1) is 11.3 Å². The number of hydrogen-bond donors (Lipinski definition) is 1. The van der Waals surface area contributed by atoms with Crippen molar-refractivity contribution in [2.24, 2.45) is 5.10 Å². The zero-order chi connectivity index (χ0) is 17.6. The third-order valence-corrected chi connectivity index (χ3v) is 4.17. The topological polar surface area (TPSA) is 60.6 Å². The normalized spacial score (nSPS) is 14.0. The lowest BCUT2D eigenvalue weighted by Crippen LogP contribution is -2.22. The van der Waals surface area contributed by atoms with Crippen LogP contribution < -0.4 is 15.1 Å². The Bertz CT molecular complexity index is 835. The Kier molecular flexibility index (Phi) is 5.22. The molecule has 0 atom stereocenters. The summed E-state index contributed by atoms with van der Waals surface area (Å²) in [6, 6.07) is 17.4. The highest BCUT2D eigenvalue weighted by atomic mass is 35.5. The zero-order valence-corrected chi connectivity index (χ0v) is 14.5. The minimum atomic E-state index is 0.557. The van der Waals surface area contributed by atoms with Gasteiger partial charge < -0.3 is 9.64 Å². The van der Waals surface area contributed by atoms with E-state index in [2.05, 4.69) is 21.5 Å². The monoisotopic (exact) mass is 352 g/mol. The van der Waals surface area contributed by atoms with Crippen molar-refractivity contribution in [3.8, 4) is 11.8 Å². The van der Waals surface area contributed by atoms with Crippen LogP contribution >= 0.6 is 11.6 Å². The molecule has 3 rings (SSSR count). The van der Waals surface area contributed by atoms with Crippen molar-refractivity contribution in [3.63, 3.8) is 0 Å². The van der Waals surface area contributed by atoms with Crippen molar-refractivity contribution in [3.05, 3.63) is 70.4 Å². The molecule has 0 fully saturated rings. The van der Waals surface area contributed by atoms with E-state index in [9.17, 15) is 5.26 Å². The number of nitrogens with one attached hydrogen (secondary N) is 1. The van der Waals surface area contributed by atoms with Crippen LogP contribution in [0.25, 0.3) is 0 Å². The van der Waals surface area contributed by atoms with E-state index in [1.54, 1.807) is 13.3 Å². The second kappa shape index (κ2) is 7.73. The molecular weight excluding hydrogens is 336 g/mol. The predicted molar refractivity (Wildman–Crippen MR) is 100 cm³/mol. The van der Waals surface area contributed by atoms with Crippen molar-refractivity contribution in [1.82, 2.24) is 5.43 Å². The molecule has 0 radical (unpaired) electrons. The molecule has 1 N–H and O–H groups in total. The average Bonchev–Trinajstić information content (AvgIpc) is 3.06. The van der Waals surface area contributed by atoms with Gasteiger partial charge in [-0.25, -0.2) is 0 Å². The summed E-state index contributed by atoms with van der Waals surface area (Å²) in [5.74, 6) is 0.808. The second-order valence-electron chi connectivity index (χ2n) is 5.54. The quantitative estimate of drug-likeness (QED) is 0.660. The van der Waals surface area contributed by atoms with Gasteiger partial charge in [-0.3, -0.25) is 5.43 Å². The van der Waals surface area contributed by atoms with Crippen LogP contribution in [-0.2, 0) is 0 Å². The molecule has 126 valence electrons. The van der Waals surface area contributed by atoms with E-state index < -0.39 is 0 Å². The van der Waals surface area contributed by atoms with Crippen molar-refractivity contribution >= 4 is 23.5 Å². The number of anilines is 1. The standard InChI is InChI=1S/C19H17ClN4O/c1-25-18-8-6-17(7-9-18)24-12-15(10-21)19(13-24)23-22-11-14-2-4-16(20)5-3-14/h2-9,11,23H,12-13H2,1H3. The lowest BCUT2D eigenvalue weighted by Gasteiger charge is -2.18. The number of methoxy groups -OCH3 is 1. The van der Waals surface area contributed by atoms with Crippen molar-refractivity contribution < 1.29 is 4.74 Å². The fourth-order valence-electron chi connectivity index (χ4n) is 2.54. The highest BCUT2D eigenvalue weighted by molar-refractivity contribution is 6.30. The average molecular weight is 353 g/mol. The molecule has 0 unspecified atom stereocenters. The summed E-state index contributed by atoms with van der Waals surface area (Å²) in [6.45, 7) is 1.16. The molecule has 2 aromatic carbocycles. The van der Waals surface area contributed by atoms with Crippen molar-refractivity contribution in [2.75, 3.05) is 25.1 Å². The minimum Gasteiger partial charge on any atom is -0.497 e. The molecule has 0 aromatic heterocycles. The molecule has 1 heterocycles. The summed E-state index contributed by atoms with van der Waals surface area (Å²) >= 11 is 5.86. The Morgan fingerprint density at radius 2 is 1.88 bits per heavy atom. The van der Waals surface area contributed by atoms with Gasteiger partial charge >= 0.3 is 0 Å². The molecule has 0 saturated heterocycles. The molecule has 0 bridgehead atoms. The smallest absolute Gasteiger partial charge is 0.119 e. The molecule has 0 aliphatic carbocycles. The third kappa shape index (κ3) is 4.11. The maximum atomic E-state index is 9.37. The Balaban J connectivity index is 1.66. The van der Waals surface area contributed by atoms with Gasteiger partial charge in [0.2, 0.25) is 0 Å². The second-order valence-corrected chi connectivity index (χ2v) is 5.98. The Hall–Kier alpha value is -2.97. The minimum absolute atomic E-state index is 0.557. The van der Waals surface area contributed by atoms with Gasteiger partial charge in [0, 0.05) is 10.7 Å². The van der Waals surface area contributed by atoms with Gasteiger partial charge in [0.05, 0.1) is 43.8 Å². The van der Waals surface area contributed by atoms with Crippen molar-refractivity contribution in [1.29, 1.82) is 5.26 Å². The lowest BCUT2D eigenvalue weighted by atomic mass is 10.2.